The first kappa shape index (κ1) is 10.0. The van der Waals surface area contributed by atoms with E-state index in [-0.39, 0.29) is 0 Å². The van der Waals surface area contributed by atoms with E-state index in [0.29, 0.717) is 0 Å². The number of ether oxygens (including phenoxy) is 1. The molecule has 2 rings (SSSR count). The summed E-state index contributed by atoms with van der Waals surface area (Å²) in [4.78, 5) is 0. The number of rotatable bonds is 4. The Hall–Kier alpha value is -0.500. The van der Waals surface area contributed by atoms with Crippen LogP contribution in [-0.4, -0.2) is 19.7 Å². The molecule has 2 aliphatic rings. The lowest BCUT2D eigenvalue weighted by Gasteiger charge is -2.25. The fraction of sp³-hybridized carbons (Fsp3) is 0.833. The maximum absolute atomic E-state index is 5.69. The van der Waals surface area contributed by atoms with Crippen LogP contribution in [0.3, 0.4) is 0 Å². The Morgan fingerprint density at radius 2 is 2.14 bits per heavy atom. The monoisotopic (exact) mass is 195 g/mol. The Morgan fingerprint density at radius 1 is 1.43 bits per heavy atom. The van der Waals surface area contributed by atoms with Gasteiger partial charge in [0.2, 0.25) is 0 Å². The number of nitrogens with one attached hydrogen (secondary N) is 1. The van der Waals surface area contributed by atoms with Crippen LogP contribution in [0.4, 0.5) is 0 Å². The maximum Gasteiger partial charge on any atom is 0.0928 e. The van der Waals surface area contributed by atoms with Gasteiger partial charge in [-0.3, -0.25) is 0 Å². The van der Waals surface area contributed by atoms with Gasteiger partial charge in [0.25, 0.3) is 0 Å². The van der Waals surface area contributed by atoms with E-state index in [9.17, 15) is 0 Å². The van der Waals surface area contributed by atoms with E-state index in [1.807, 2.05) is 0 Å². The van der Waals surface area contributed by atoms with Crippen LogP contribution in [0.25, 0.3) is 0 Å². The van der Waals surface area contributed by atoms with Crippen molar-refractivity contribution < 1.29 is 4.74 Å². The van der Waals surface area contributed by atoms with Gasteiger partial charge in [-0.1, -0.05) is 6.92 Å². The molecule has 2 heteroatoms. The second-order valence-electron chi connectivity index (χ2n) is 4.64. The Labute approximate surface area is 86.7 Å². The van der Waals surface area contributed by atoms with Crippen LogP contribution in [0.5, 0.6) is 0 Å². The molecule has 0 amide bonds. The zero-order valence-electron chi connectivity index (χ0n) is 9.09. The molecule has 1 aliphatic carbocycles. The predicted molar refractivity (Wildman–Crippen MR) is 58.0 cm³/mol. The molecule has 0 radical (unpaired) electrons. The molecule has 0 spiro atoms. The fourth-order valence-corrected chi connectivity index (χ4v) is 2.24. The Balaban J connectivity index is 1.56. The summed E-state index contributed by atoms with van der Waals surface area (Å²) < 4.78 is 5.69. The van der Waals surface area contributed by atoms with Gasteiger partial charge in [-0.05, 0) is 50.3 Å². The van der Waals surface area contributed by atoms with Crippen molar-refractivity contribution in [3.8, 4) is 0 Å². The van der Waals surface area contributed by atoms with Gasteiger partial charge in [-0.25, -0.2) is 0 Å². The highest BCUT2D eigenvalue weighted by Gasteiger charge is 2.17. The van der Waals surface area contributed by atoms with Crippen molar-refractivity contribution in [1.82, 2.24) is 5.32 Å². The van der Waals surface area contributed by atoms with E-state index >= 15 is 0 Å². The summed E-state index contributed by atoms with van der Waals surface area (Å²) in [5, 5.41) is 3.39. The highest BCUT2D eigenvalue weighted by molar-refractivity contribution is 5.08. The van der Waals surface area contributed by atoms with Crippen molar-refractivity contribution in [3.05, 3.63) is 11.8 Å². The van der Waals surface area contributed by atoms with Crippen molar-refractivity contribution in [3.63, 3.8) is 0 Å². The van der Waals surface area contributed by atoms with Gasteiger partial charge in [0.1, 0.15) is 0 Å². The second kappa shape index (κ2) is 4.83. The first-order valence-corrected chi connectivity index (χ1v) is 5.89. The van der Waals surface area contributed by atoms with E-state index in [1.165, 1.54) is 38.1 Å². The minimum absolute atomic E-state index is 0.754. The van der Waals surface area contributed by atoms with Gasteiger partial charge in [-0.15, -0.1) is 0 Å². The van der Waals surface area contributed by atoms with Crippen molar-refractivity contribution in [1.29, 1.82) is 0 Å². The van der Waals surface area contributed by atoms with E-state index < -0.39 is 0 Å². The van der Waals surface area contributed by atoms with Crippen LogP contribution >= 0.6 is 0 Å². The molecule has 0 bridgehead atoms. The predicted octanol–water partition coefficient (Wildman–Crippen LogP) is 2.32. The molecule has 1 heterocycles. The van der Waals surface area contributed by atoms with Crippen LogP contribution < -0.4 is 5.32 Å². The van der Waals surface area contributed by atoms with Crippen LogP contribution in [0, 0.1) is 11.8 Å². The van der Waals surface area contributed by atoms with E-state index in [2.05, 4.69) is 18.3 Å². The van der Waals surface area contributed by atoms with Crippen LogP contribution in [0.1, 0.15) is 32.6 Å². The summed E-state index contributed by atoms with van der Waals surface area (Å²) in [5.74, 6) is 2.88. The lowest BCUT2D eigenvalue weighted by Crippen LogP contribution is -2.28. The molecular weight excluding hydrogens is 174 g/mol. The molecular formula is C12H21NO. The Morgan fingerprint density at radius 3 is 2.79 bits per heavy atom. The highest BCUT2D eigenvalue weighted by atomic mass is 16.5. The van der Waals surface area contributed by atoms with Crippen molar-refractivity contribution in [2.24, 2.45) is 11.8 Å². The maximum atomic E-state index is 5.69. The van der Waals surface area contributed by atoms with Gasteiger partial charge in [-0.2, -0.15) is 0 Å². The number of hydrogen-bond acceptors (Lipinski definition) is 2. The van der Waals surface area contributed by atoms with Gasteiger partial charge in [0.15, 0.2) is 0 Å². The Bertz CT molecular complexity index is 206. The molecule has 1 fully saturated rings. The fourth-order valence-electron chi connectivity index (χ4n) is 2.24. The third kappa shape index (κ3) is 2.74. The van der Waals surface area contributed by atoms with Crippen LogP contribution in [-0.2, 0) is 4.74 Å². The molecule has 1 saturated heterocycles. The molecule has 0 saturated carbocycles. The molecule has 1 N–H and O–H groups in total. The van der Waals surface area contributed by atoms with Gasteiger partial charge >= 0.3 is 0 Å². The Kier molecular flexibility index (Phi) is 3.46. The SMILES string of the molecule is C[C@@H]1C=C(OCCC2CCNCC2)C1. The smallest absolute Gasteiger partial charge is 0.0928 e. The van der Waals surface area contributed by atoms with Gasteiger partial charge < -0.3 is 10.1 Å². The zero-order chi connectivity index (χ0) is 9.80. The summed E-state index contributed by atoms with van der Waals surface area (Å²) >= 11 is 0. The topological polar surface area (TPSA) is 21.3 Å². The van der Waals surface area contributed by atoms with Gasteiger partial charge in [0.05, 0.1) is 12.4 Å². The molecule has 0 aromatic rings. The summed E-state index contributed by atoms with van der Waals surface area (Å²) in [7, 11) is 0. The highest BCUT2D eigenvalue weighted by Crippen LogP contribution is 2.26. The van der Waals surface area contributed by atoms with E-state index in [0.717, 1.165) is 24.9 Å². The van der Waals surface area contributed by atoms with Crippen LogP contribution in [0.2, 0.25) is 0 Å². The summed E-state index contributed by atoms with van der Waals surface area (Å²) in [6, 6.07) is 0. The van der Waals surface area contributed by atoms with E-state index in [4.69, 9.17) is 4.74 Å². The van der Waals surface area contributed by atoms with E-state index in [1.54, 1.807) is 0 Å². The molecule has 0 unspecified atom stereocenters. The quantitative estimate of drug-likeness (QED) is 0.743. The van der Waals surface area contributed by atoms with Crippen molar-refractivity contribution >= 4 is 0 Å². The number of hydrogen-bond donors (Lipinski definition) is 1. The molecule has 2 nitrogen and oxygen atoms in total. The van der Waals surface area contributed by atoms with Crippen LogP contribution in [0.15, 0.2) is 11.8 Å². The second-order valence-corrected chi connectivity index (χ2v) is 4.64. The summed E-state index contributed by atoms with van der Waals surface area (Å²) in [6.45, 7) is 5.57. The van der Waals surface area contributed by atoms with Crippen molar-refractivity contribution in [2.75, 3.05) is 19.7 Å². The average molecular weight is 195 g/mol. The largest absolute Gasteiger partial charge is 0.498 e. The molecule has 80 valence electrons. The lowest BCUT2D eigenvalue weighted by atomic mass is 9.94. The molecule has 0 aromatic carbocycles. The first-order chi connectivity index (χ1) is 6.84. The number of piperidine rings is 1. The third-order valence-electron chi connectivity index (χ3n) is 3.27. The molecule has 14 heavy (non-hydrogen) atoms. The lowest BCUT2D eigenvalue weighted by molar-refractivity contribution is 0.153. The third-order valence-corrected chi connectivity index (χ3v) is 3.27. The summed E-state index contributed by atoms with van der Waals surface area (Å²) in [5.41, 5.74) is 0. The molecule has 1 atom stereocenters. The zero-order valence-corrected chi connectivity index (χ0v) is 9.09. The van der Waals surface area contributed by atoms with Crippen molar-refractivity contribution in [2.45, 2.75) is 32.6 Å². The minimum Gasteiger partial charge on any atom is -0.498 e. The minimum atomic E-state index is 0.754. The average Bonchev–Trinajstić information content (AvgIpc) is 2.17. The standard InChI is InChI=1S/C12H21NO/c1-10-8-12(9-10)14-7-4-11-2-5-13-6-3-11/h8,10-11,13H,2-7,9H2,1H3/t10-/m1/s1. The number of allylic oxidation sites excluding steroid dienone is 2. The molecule has 1 aliphatic heterocycles. The summed E-state index contributed by atoms with van der Waals surface area (Å²) in [6.07, 6.45) is 7.31. The van der Waals surface area contributed by atoms with Gasteiger partial charge in [0, 0.05) is 6.42 Å². The normalized spacial score (nSPS) is 28.1. The first-order valence-electron chi connectivity index (χ1n) is 5.89. The molecule has 0 aromatic heterocycles.